The SMILES string of the molecule is CC(C)NCc1ccc(S)cc1. The average Bonchev–Trinajstić information content (AvgIpc) is 2.03. The molecular weight excluding hydrogens is 166 g/mol. The number of benzene rings is 1. The van der Waals surface area contributed by atoms with Gasteiger partial charge in [0.05, 0.1) is 0 Å². The van der Waals surface area contributed by atoms with Crippen LogP contribution in [0.5, 0.6) is 0 Å². The summed E-state index contributed by atoms with van der Waals surface area (Å²) in [5, 5.41) is 3.36. The quantitative estimate of drug-likeness (QED) is 0.683. The third kappa shape index (κ3) is 3.28. The highest BCUT2D eigenvalue weighted by Gasteiger charge is 1.93. The fourth-order valence-electron chi connectivity index (χ4n) is 0.936. The average molecular weight is 181 g/mol. The topological polar surface area (TPSA) is 12.0 Å². The van der Waals surface area contributed by atoms with Crippen LogP contribution < -0.4 is 5.32 Å². The van der Waals surface area contributed by atoms with E-state index in [9.17, 15) is 0 Å². The molecule has 0 atom stereocenters. The van der Waals surface area contributed by atoms with Crippen LogP contribution in [0, 0.1) is 0 Å². The molecule has 0 aromatic heterocycles. The van der Waals surface area contributed by atoms with Crippen LogP contribution in [0.25, 0.3) is 0 Å². The summed E-state index contributed by atoms with van der Waals surface area (Å²) < 4.78 is 0. The van der Waals surface area contributed by atoms with E-state index in [1.165, 1.54) is 5.56 Å². The van der Waals surface area contributed by atoms with E-state index in [4.69, 9.17) is 0 Å². The van der Waals surface area contributed by atoms with Gasteiger partial charge in [0.25, 0.3) is 0 Å². The van der Waals surface area contributed by atoms with Crippen molar-refractivity contribution in [2.75, 3.05) is 0 Å². The van der Waals surface area contributed by atoms with E-state index < -0.39 is 0 Å². The Balaban J connectivity index is 2.48. The molecule has 0 aliphatic heterocycles. The molecule has 1 aromatic rings. The van der Waals surface area contributed by atoms with Crippen molar-refractivity contribution in [3.63, 3.8) is 0 Å². The highest BCUT2D eigenvalue weighted by molar-refractivity contribution is 7.80. The lowest BCUT2D eigenvalue weighted by molar-refractivity contribution is 0.588. The Morgan fingerprint density at radius 2 is 1.83 bits per heavy atom. The third-order valence-electron chi connectivity index (χ3n) is 1.65. The molecule has 2 heteroatoms. The first-order valence-corrected chi connectivity index (χ1v) is 4.64. The summed E-state index contributed by atoms with van der Waals surface area (Å²) in [6, 6.07) is 8.76. The Hall–Kier alpha value is -0.470. The van der Waals surface area contributed by atoms with E-state index in [1.807, 2.05) is 12.1 Å². The molecule has 0 aliphatic carbocycles. The molecule has 1 N–H and O–H groups in total. The van der Waals surface area contributed by atoms with Crippen molar-refractivity contribution >= 4 is 12.6 Å². The lowest BCUT2D eigenvalue weighted by Crippen LogP contribution is -2.21. The van der Waals surface area contributed by atoms with Crippen molar-refractivity contribution in [3.05, 3.63) is 29.8 Å². The van der Waals surface area contributed by atoms with Gasteiger partial charge in [0.2, 0.25) is 0 Å². The summed E-state index contributed by atoms with van der Waals surface area (Å²) in [4.78, 5) is 1.02. The highest BCUT2D eigenvalue weighted by atomic mass is 32.1. The molecule has 0 saturated carbocycles. The van der Waals surface area contributed by atoms with Crippen LogP contribution in [-0.2, 0) is 6.54 Å². The molecule has 1 nitrogen and oxygen atoms in total. The maximum Gasteiger partial charge on any atom is 0.0207 e. The molecule has 0 heterocycles. The molecule has 1 rings (SSSR count). The zero-order chi connectivity index (χ0) is 8.97. The molecule has 66 valence electrons. The molecule has 12 heavy (non-hydrogen) atoms. The predicted molar refractivity (Wildman–Crippen MR) is 55.7 cm³/mol. The minimum Gasteiger partial charge on any atom is -0.310 e. The van der Waals surface area contributed by atoms with Crippen molar-refractivity contribution < 1.29 is 0 Å². The van der Waals surface area contributed by atoms with Gasteiger partial charge in [0.1, 0.15) is 0 Å². The van der Waals surface area contributed by atoms with E-state index in [0.717, 1.165) is 11.4 Å². The van der Waals surface area contributed by atoms with Crippen LogP contribution in [0.15, 0.2) is 29.2 Å². The second-order valence-electron chi connectivity index (χ2n) is 3.20. The van der Waals surface area contributed by atoms with Gasteiger partial charge in [-0.15, -0.1) is 12.6 Å². The standard InChI is InChI=1S/C10H15NS/c1-8(2)11-7-9-3-5-10(12)6-4-9/h3-6,8,11-12H,7H2,1-2H3. The zero-order valence-corrected chi connectivity index (χ0v) is 8.44. The van der Waals surface area contributed by atoms with Crippen LogP contribution >= 0.6 is 12.6 Å². The molecule has 0 fully saturated rings. The van der Waals surface area contributed by atoms with Gasteiger partial charge < -0.3 is 5.32 Å². The van der Waals surface area contributed by atoms with Gasteiger partial charge in [-0.2, -0.15) is 0 Å². The smallest absolute Gasteiger partial charge is 0.0207 e. The summed E-state index contributed by atoms with van der Waals surface area (Å²) in [6.07, 6.45) is 0. The summed E-state index contributed by atoms with van der Waals surface area (Å²) in [5.41, 5.74) is 1.31. The third-order valence-corrected chi connectivity index (χ3v) is 1.95. The molecule has 0 bridgehead atoms. The van der Waals surface area contributed by atoms with Gasteiger partial charge in [-0.05, 0) is 17.7 Å². The Bertz CT molecular complexity index is 228. The van der Waals surface area contributed by atoms with E-state index in [1.54, 1.807) is 0 Å². The van der Waals surface area contributed by atoms with E-state index in [0.29, 0.717) is 6.04 Å². The fraction of sp³-hybridized carbons (Fsp3) is 0.400. The van der Waals surface area contributed by atoms with Gasteiger partial charge in [-0.25, -0.2) is 0 Å². The Morgan fingerprint density at radius 1 is 1.25 bits per heavy atom. The number of nitrogens with one attached hydrogen (secondary N) is 1. The molecule has 0 spiro atoms. The largest absolute Gasteiger partial charge is 0.310 e. The maximum atomic E-state index is 4.22. The molecule has 1 aromatic carbocycles. The number of hydrogen-bond acceptors (Lipinski definition) is 2. The second kappa shape index (κ2) is 4.53. The molecule has 0 unspecified atom stereocenters. The highest BCUT2D eigenvalue weighted by Crippen LogP contribution is 2.07. The van der Waals surface area contributed by atoms with Crippen molar-refractivity contribution in [2.24, 2.45) is 0 Å². The number of thiol groups is 1. The monoisotopic (exact) mass is 181 g/mol. The summed E-state index contributed by atoms with van der Waals surface area (Å²) in [7, 11) is 0. The van der Waals surface area contributed by atoms with Crippen LogP contribution in [0.2, 0.25) is 0 Å². The van der Waals surface area contributed by atoms with Crippen LogP contribution in [0.3, 0.4) is 0 Å². The Morgan fingerprint density at radius 3 is 2.33 bits per heavy atom. The van der Waals surface area contributed by atoms with Gasteiger partial charge >= 0.3 is 0 Å². The van der Waals surface area contributed by atoms with Crippen molar-refractivity contribution in [1.82, 2.24) is 5.32 Å². The van der Waals surface area contributed by atoms with Gasteiger partial charge in [-0.3, -0.25) is 0 Å². The van der Waals surface area contributed by atoms with E-state index in [-0.39, 0.29) is 0 Å². The minimum absolute atomic E-state index is 0.542. The maximum absolute atomic E-state index is 4.22. The summed E-state index contributed by atoms with van der Waals surface area (Å²) in [6.45, 7) is 5.23. The summed E-state index contributed by atoms with van der Waals surface area (Å²) in [5.74, 6) is 0. The molecular formula is C10H15NS. The fourth-order valence-corrected chi connectivity index (χ4v) is 1.08. The van der Waals surface area contributed by atoms with Gasteiger partial charge in [-0.1, -0.05) is 26.0 Å². The van der Waals surface area contributed by atoms with Crippen molar-refractivity contribution in [1.29, 1.82) is 0 Å². The predicted octanol–water partition coefficient (Wildman–Crippen LogP) is 2.47. The van der Waals surface area contributed by atoms with E-state index >= 15 is 0 Å². The Kier molecular flexibility index (Phi) is 3.63. The molecule has 0 amide bonds. The van der Waals surface area contributed by atoms with Gasteiger partial charge in [0.15, 0.2) is 0 Å². The van der Waals surface area contributed by atoms with Crippen LogP contribution in [0.1, 0.15) is 19.4 Å². The molecule has 0 aliphatic rings. The first-order valence-electron chi connectivity index (χ1n) is 4.20. The zero-order valence-electron chi connectivity index (χ0n) is 7.54. The van der Waals surface area contributed by atoms with Gasteiger partial charge in [0, 0.05) is 17.5 Å². The molecule has 0 saturated heterocycles. The minimum atomic E-state index is 0.542. The van der Waals surface area contributed by atoms with E-state index in [2.05, 4.69) is 43.9 Å². The lowest BCUT2D eigenvalue weighted by atomic mass is 10.2. The summed E-state index contributed by atoms with van der Waals surface area (Å²) >= 11 is 4.22. The number of hydrogen-bond donors (Lipinski definition) is 2. The van der Waals surface area contributed by atoms with Crippen LogP contribution in [0.4, 0.5) is 0 Å². The molecule has 0 radical (unpaired) electrons. The Labute approximate surface area is 79.6 Å². The first-order chi connectivity index (χ1) is 5.68. The van der Waals surface area contributed by atoms with Crippen LogP contribution in [-0.4, -0.2) is 6.04 Å². The normalized spacial score (nSPS) is 10.7. The second-order valence-corrected chi connectivity index (χ2v) is 3.72. The lowest BCUT2D eigenvalue weighted by Gasteiger charge is -2.07. The van der Waals surface area contributed by atoms with Crippen molar-refractivity contribution in [2.45, 2.75) is 31.3 Å². The van der Waals surface area contributed by atoms with Crippen molar-refractivity contribution in [3.8, 4) is 0 Å². The number of rotatable bonds is 3. The first kappa shape index (κ1) is 9.62.